The Morgan fingerprint density at radius 3 is 2.42 bits per heavy atom. The molecular formula is C11H11F3O4S. The van der Waals surface area contributed by atoms with E-state index < -0.39 is 21.4 Å². The Morgan fingerprint density at radius 1 is 1.32 bits per heavy atom. The number of allylic oxidation sites excluding steroid dienone is 1. The lowest BCUT2D eigenvalue weighted by molar-refractivity contribution is -0.0500. The molecule has 0 heterocycles. The highest BCUT2D eigenvalue weighted by Gasteiger charge is 2.48. The first kappa shape index (κ1) is 15.4. The number of hydrogen-bond donors (Lipinski definition) is 0. The Morgan fingerprint density at radius 2 is 1.95 bits per heavy atom. The van der Waals surface area contributed by atoms with Crippen molar-refractivity contribution in [2.24, 2.45) is 0 Å². The van der Waals surface area contributed by atoms with Crippen LogP contribution in [0.15, 0.2) is 30.9 Å². The monoisotopic (exact) mass is 296 g/mol. The van der Waals surface area contributed by atoms with Crippen molar-refractivity contribution in [3.05, 3.63) is 36.4 Å². The molecule has 0 spiro atoms. The van der Waals surface area contributed by atoms with E-state index in [2.05, 4.69) is 10.8 Å². The zero-order valence-corrected chi connectivity index (χ0v) is 10.7. The van der Waals surface area contributed by atoms with E-state index >= 15 is 0 Å². The summed E-state index contributed by atoms with van der Waals surface area (Å²) in [5.41, 5.74) is -4.79. The molecule has 0 aliphatic carbocycles. The van der Waals surface area contributed by atoms with Crippen LogP contribution in [0.25, 0.3) is 0 Å². The first-order valence-electron chi connectivity index (χ1n) is 5.00. The molecule has 106 valence electrons. The van der Waals surface area contributed by atoms with Crippen molar-refractivity contribution in [1.82, 2.24) is 0 Å². The molecule has 0 aliphatic rings. The molecule has 4 nitrogen and oxygen atoms in total. The van der Waals surface area contributed by atoms with Crippen molar-refractivity contribution >= 4 is 10.1 Å². The van der Waals surface area contributed by atoms with Crippen LogP contribution in [0.4, 0.5) is 13.2 Å². The van der Waals surface area contributed by atoms with Crippen molar-refractivity contribution in [2.45, 2.75) is 11.9 Å². The van der Waals surface area contributed by atoms with Gasteiger partial charge in [-0.05, 0) is 24.1 Å². The third-order valence-electron chi connectivity index (χ3n) is 2.09. The number of rotatable bonds is 5. The molecule has 0 saturated heterocycles. The number of alkyl halides is 3. The predicted molar refractivity (Wildman–Crippen MR) is 62.5 cm³/mol. The fraction of sp³-hybridized carbons (Fsp3) is 0.273. The van der Waals surface area contributed by atoms with Crippen LogP contribution in [0.2, 0.25) is 0 Å². The Labute approximate surface area is 108 Å². The quantitative estimate of drug-likeness (QED) is 0.476. The van der Waals surface area contributed by atoms with Crippen LogP contribution in [0.1, 0.15) is 5.56 Å². The lowest BCUT2D eigenvalue weighted by Gasteiger charge is -2.13. The molecule has 0 amide bonds. The summed E-state index contributed by atoms with van der Waals surface area (Å²) in [6.45, 7) is 3.51. The molecule has 8 heteroatoms. The molecule has 0 fully saturated rings. The Balaban J connectivity index is 3.12. The summed E-state index contributed by atoms with van der Waals surface area (Å²) in [6.07, 6.45) is 2.05. The minimum absolute atomic E-state index is 0.104. The second-order valence-corrected chi connectivity index (χ2v) is 5.00. The van der Waals surface area contributed by atoms with E-state index in [0.717, 1.165) is 6.07 Å². The summed E-state index contributed by atoms with van der Waals surface area (Å²) in [5.74, 6) is -0.625. The zero-order valence-electron chi connectivity index (χ0n) is 9.90. The van der Waals surface area contributed by atoms with Gasteiger partial charge in [0, 0.05) is 0 Å². The molecule has 0 aliphatic heterocycles. The molecule has 0 atom stereocenters. The summed E-state index contributed by atoms with van der Waals surface area (Å²) >= 11 is 0. The van der Waals surface area contributed by atoms with Gasteiger partial charge in [-0.15, -0.1) is 6.58 Å². The van der Waals surface area contributed by atoms with Crippen LogP contribution in [-0.4, -0.2) is 21.0 Å². The van der Waals surface area contributed by atoms with Gasteiger partial charge in [-0.2, -0.15) is 21.6 Å². The summed E-state index contributed by atoms with van der Waals surface area (Å²) < 4.78 is 67.1. The maximum absolute atomic E-state index is 12.2. The Hall–Kier alpha value is -1.70. The lowest BCUT2D eigenvalue weighted by atomic mass is 10.1. The van der Waals surface area contributed by atoms with Gasteiger partial charge in [-0.3, -0.25) is 0 Å². The number of hydrogen-bond acceptors (Lipinski definition) is 4. The van der Waals surface area contributed by atoms with Crippen LogP contribution in [-0.2, 0) is 16.5 Å². The van der Waals surface area contributed by atoms with Crippen molar-refractivity contribution in [2.75, 3.05) is 7.11 Å². The highest BCUT2D eigenvalue weighted by Crippen LogP contribution is 2.33. The molecule has 19 heavy (non-hydrogen) atoms. The first-order chi connectivity index (χ1) is 8.71. The topological polar surface area (TPSA) is 52.6 Å². The maximum atomic E-state index is 12.2. The molecule has 1 aromatic rings. The van der Waals surface area contributed by atoms with Crippen molar-refractivity contribution in [3.8, 4) is 11.5 Å². The van der Waals surface area contributed by atoms with Crippen LogP contribution >= 0.6 is 0 Å². The molecule has 0 unspecified atom stereocenters. The van der Waals surface area contributed by atoms with Gasteiger partial charge in [-0.1, -0.05) is 12.1 Å². The number of halogens is 3. The zero-order chi connectivity index (χ0) is 14.7. The summed E-state index contributed by atoms with van der Waals surface area (Å²) in [7, 11) is -4.51. The Bertz CT molecular complexity index is 564. The second-order valence-electron chi connectivity index (χ2n) is 3.46. The van der Waals surface area contributed by atoms with Crippen LogP contribution < -0.4 is 8.92 Å². The predicted octanol–water partition coefficient (Wildman–Crippen LogP) is 2.65. The standard InChI is InChI=1S/C11H11F3O4S/c1-3-4-8-5-6-9(10(7-8)17-2)18-19(15,16)11(12,13)14/h3,5-7H,1,4H2,2H3. The Kier molecular flexibility index (Phi) is 4.46. The van der Waals surface area contributed by atoms with E-state index in [-0.39, 0.29) is 5.75 Å². The normalized spacial score (nSPS) is 12.0. The van der Waals surface area contributed by atoms with Gasteiger partial charge in [0.2, 0.25) is 0 Å². The lowest BCUT2D eigenvalue weighted by Crippen LogP contribution is -2.28. The van der Waals surface area contributed by atoms with E-state index in [1.54, 1.807) is 6.08 Å². The van der Waals surface area contributed by atoms with Crippen molar-refractivity contribution in [1.29, 1.82) is 0 Å². The van der Waals surface area contributed by atoms with Gasteiger partial charge in [0.05, 0.1) is 7.11 Å². The third-order valence-corrected chi connectivity index (χ3v) is 3.06. The molecule has 0 saturated carbocycles. The van der Waals surface area contributed by atoms with Crippen LogP contribution in [0.3, 0.4) is 0 Å². The number of methoxy groups -OCH3 is 1. The van der Waals surface area contributed by atoms with Gasteiger partial charge < -0.3 is 8.92 Å². The summed E-state index contributed by atoms with van der Waals surface area (Å²) in [6, 6.07) is 3.90. The fourth-order valence-corrected chi connectivity index (χ4v) is 1.71. The van der Waals surface area contributed by atoms with E-state index in [9.17, 15) is 21.6 Å². The largest absolute Gasteiger partial charge is 0.534 e. The number of benzene rings is 1. The van der Waals surface area contributed by atoms with Gasteiger partial charge >= 0.3 is 15.6 Å². The molecule has 0 N–H and O–H groups in total. The smallest absolute Gasteiger partial charge is 0.493 e. The van der Waals surface area contributed by atoms with Crippen molar-refractivity contribution < 1.29 is 30.5 Å². The SMILES string of the molecule is C=CCc1ccc(OS(=O)(=O)C(F)(F)F)c(OC)c1. The van der Waals surface area contributed by atoms with Gasteiger partial charge in [0.15, 0.2) is 11.5 Å². The number of ether oxygens (including phenoxy) is 1. The summed E-state index contributed by atoms with van der Waals surface area (Å²) in [4.78, 5) is 0. The fourth-order valence-electron chi connectivity index (χ4n) is 1.24. The molecule has 0 bridgehead atoms. The third kappa shape index (κ3) is 3.63. The average Bonchev–Trinajstić information content (AvgIpc) is 2.29. The van der Waals surface area contributed by atoms with Gasteiger partial charge in [0.1, 0.15) is 0 Å². The maximum Gasteiger partial charge on any atom is 0.534 e. The highest BCUT2D eigenvalue weighted by atomic mass is 32.2. The van der Waals surface area contributed by atoms with Gasteiger partial charge in [-0.25, -0.2) is 0 Å². The summed E-state index contributed by atoms with van der Waals surface area (Å²) in [5, 5.41) is 0. The van der Waals surface area contributed by atoms with E-state index in [1.807, 2.05) is 0 Å². The average molecular weight is 296 g/mol. The van der Waals surface area contributed by atoms with Crippen molar-refractivity contribution in [3.63, 3.8) is 0 Å². The molecule has 1 rings (SSSR count). The first-order valence-corrected chi connectivity index (χ1v) is 6.40. The van der Waals surface area contributed by atoms with Gasteiger partial charge in [0.25, 0.3) is 0 Å². The highest BCUT2D eigenvalue weighted by molar-refractivity contribution is 7.88. The van der Waals surface area contributed by atoms with E-state index in [0.29, 0.717) is 12.0 Å². The molecular weight excluding hydrogens is 285 g/mol. The molecule has 0 radical (unpaired) electrons. The second kappa shape index (κ2) is 5.52. The molecule has 0 aromatic heterocycles. The molecule has 1 aromatic carbocycles. The van der Waals surface area contributed by atoms with E-state index in [4.69, 9.17) is 4.74 Å². The minimum Gasteiger partial charge on any atom is -0.493 e. The minimum atomic E-state index is -5.71. The van der Waals surface area contributed by atoms with E-state index in [1.165, 1.54) is 19.2 Å². The van der Waals surface area contributed by atoms with Crippen LogP contribution in [0.5, 0.6) is 11.5 Å². The van der Waals surface area contributed by atoms with Crippen LogP contribution in [0, 0.1) is 0 Å².